The molecule has 27 heavy (non-hydrogen) atoms. The van der Waals surface area contributed by atoms with Crippen molar-refractivity contribution in [3.63, 3.8) is 0 Å². The lowest BCUT2D eigenvalue weighted by atomic mass is 10.0. The van der Waals surface area contributed by atoms with Crippen molar-refractivity contribution in [2.75, 3.05) is 0 Å². The third-order valence-corrected chi connectivity index (χ3v) is 11.8. The first-order valence-electron chi connectivity index (χ1n) is 9.00. The summed E-state index contributed by atoms with van der Waals surface area (Å²) < 4.78 is 42.9. The molecule has 2 nitrogen and oxygen atoms in total. The lowest BCUT2D eigenvalue weighted by Crippen LogP contribution is -2.43. The first kappa shape index (κ1) is 21.2. The summed E-state index contributed by atoms with van der Waals surface area (Å²) in [5.74, 6) is -2.78. The molecule has 0 radical (unpaired) electrons. The van der Waals surface area contributed by atoms with Crippen molar-refractivity contribution in [1.29, 1.82) is 0 Å². The minimum atomic E-state index is -2.25. The van der Waals surface area contributed by atoms with Crippen molar-refractivity contribution in [1.82, 2.24) is 0 Å². The normalized spacial score (nSPS) is 12.1. The van der Waals surface area contributed by atoms with E-state index in [1.807, 2.05) is 0 Å². The molecule has 146 valence electrons. The Balaban J connectivity index is 2.91. The monoisotopic (exact) mass is 394 g/mol. The second-order valence-corrected chi connectivity index (χ2v) is 13.4. The topological polar surface area (TPSA) is 40.5 Å². The zero-order valence-electron chi connectivity index (χ0n) is 16.4. The molecular weight excluding hydrogens is 369 g/mol. The number of hydrogen-bond donors (Lipinski definition) is 2. The van der Waals surface area contributed by atoms with Gasteiger partial charge >= 0.3 is 0 Å². The number of aromatic hydroxyl groups is 2. The van der Waals surface area contributed by atoms with Crippen molar-refractivity contribution in [2.45, 2.75) is 58.2 Å². The summed E-state index contributed by atoms with van der Waals surface area (Å²) >= 11 is 0. The number of halogens is 3. The second-order valence-electron chi connectivity index (χ2n) is 7.85. The Morgan fingerprint density at radius 3 is 1.81 bits per heavy atom. The van der Waals surface area contributed by atoms with Gasteiger partial charge in [0.25, 0.3) is 0 Å². The van der Waals surface area contributed by atoms with Crippen molar-refractivity contribution in [2.24, 2.45) is 0 Å². The molecule has 0 aliphatic rings. The Kier molecular flexibility index (Phi) is 5.86. The molecule has 2 aromatic carbocycles. The number of benzene rings is 2. The maximum Gasteiger partial charge on any atom is 0.196 e. The summed E-state index contributed by atoms with van der Waals surface area (Å²) in [7, 11) is -2.25. The van der Waals surface area contributed by atoms with Crippen molar-refractivity contribution in [3.05, 3.63) is 35.1 Å². The molecule has 6 heteroatoms. The van der Waals surface area contributed by atoms with Crippen LogP contribution >= 0.6 is 0 Å². The predicted molar refractivity (Wildman–Crippen MR) is 105 cm³/mol. The summed E-state index contributed by atoms with van der Waals surface area (Å²) in [5.41, 5.74) is 3.68. The molecule has 2 N–H and O–H groups in total. The molecular formula is C21H25F3O2Si. The molecule has 0 fully saturated rings. The molecule has 0 aliphatic heterocycles. The lowest BCUT2D eigenvalue weighted by Gasteiger charge is -2.38. The molecule has 2 rings (SSSR count). The minimum absolute atomic E-state index is 0.226. The number of fused-ring (bicyclic) bond motifs is 1. The van der Waals surface area contributed by atoms with Gasteiger partial charge in [0.1, 0.15) is 19.6 Å². The van der Waals surface area contributed by atoms with E-state index in [1.54, 1.807) is 0 Å². The summed E-state index contributed by atoms with van der Waals surface area (Å²) in [6.07, 6.45) is 0. The van der Waals surface area contributed by atoms with Crippen molar-refractivity contribution >= 4 is 18.8 Å². The fourth-order valence-corrected chi connectivity index (χ4v) is 9.41. The molecule has 0 amide bonds. The fraction of sp³-hybridized carbons (Fsp3) is 0.429. The van der Waals surface area contributed by atoms with E-state index in [9.17, 15) is 23.4 Å². The average molecular weight is 395 g/mol. The Labute approximate surface area is 159 Å². The van der Waals surface area contributed by atoms with Gasteiger partial charge in [-0.2, -0.15) is 0 Å². The van der Waals surface area contributed by atoms with Crippen LogP contribution in [0.1, 0.15) is 47.1 Å². The highest BCUT2D eigenvalue weighted by Gasteiger charge is 2.41. The van der Waals surface area contributed by atoms with Crippen molar-refractivity contribution < 1.29 is 23.4 Å². The summed E-state index contributed by atoms with van der Waals surface area (Å²) in [4.78, 5) is 0. The van der Waals surface area contributed by atoms with Gasteiger partial charge in [-0.1, -0.05) is 47.5 Å². The quantitative estimate of drug-likeness (QED) is 0.368. The van der Waals surface area contributed by atoms with Crippen LogP contribution in [0.3, 0.4) is 0 Å². The van der Waals surface area contributed by atoms with E-state index in [-0.39, 0.29) is 27.6 Å². The predicted octanol–water partition coefficient (Wildman–Crippen LogP) is 6.24. The highest BCUT2D eigenvalue weighted by molar-refractivity contribution is 6.90. The van der Waals surface area contributed by atoms with Gasteiger partial charge in [-0.25, -0.2) is 13.2 Å². The zero-order valence-corrected chi connectivity index (χ0v) is 17.4. The van der Waals surface area contributed by atoms with Crippen LogP contribution in [0.15, 0.2) is 12.1 Å². The van der Waals surface area contributed by atoms with Gasteiger partial charge in [0.05, 0.1) is 5.56 Å². The van der Waals surface area contributed by atoms with Gasteiger partial charge in [-0.15, -0.1) is 5.54 Å². The largest absolute Gasteiger partial charge is 0.508 e. The molecule has 0 aromatic heterocycles. The molecule has 0 heterocycles. The SMILES string of the molecule is CC(C)[Si](C#Cc1c(F)c(F)c(F)c2cc(O)cc(O)c12)(C(C)C)C(C)C. The Morgan fingerprint density at radius 1 is 0.815 bits per heavy atom. The molecule has 0 spiro atoms. The van der Waals surface area contributed by atoms with Gasteiger partial charge in [0.15, 0.2) is 17.5 Å². The van der Waals surface area contributed by atoms with E-state index in [0.717, 1.165) is 12.1 Å². The van der Waals surface area contributed by atoms with Gasteiger partial charge in [-0.3, -0.25) is 0 Å². The highest BCUT2D eigenvalue weighted by Crippen LogP contribution is 2.41. The number of hydrogen-bond acceptors (Lipinski definition) is 2. The summed E-state index contributed by atoms with van der Waals surface area (Å²) in [5, 5.41) is 19.1. The molecule has 0 unspecified atom stereocenters. The smallest absolute Gasteiger partial charge is 0.196 e. The third kappa shape index (κ3) is 3.41. The van der Waals surface area contributed by atoms with E-state index in [4.69, 9.17) is 0 Å². The van der Waals surface area contributed by atoms with E-state index in [0.29, 0.717) is 0 Å². The van der Waals surface area contributed by atoms with Crippen LogP contribution in [0.4, 0.5) is 13.2 Å². The maximum atomic E-state index is 14.6. The fourth-order valence-electron chi connectivity index (χ4n) is 4.20. The van der Waals surface area contributed by atoms with Crippen LogP contribution in [0, 0.1) is 28.9 Å². The van der Waals surface area contributed by atoms with Gasteiger partial charge in [0, 0.05) is 16.8 Å². The molecule has 2 aromatic rings. The van der Waals surface area contributed by atoms with Gasteiger partial charge in [-0.05, 0) is 22.7 Å². The van der Waals surface area contributed by atoms with Crippen molar-refractivity contribution in [3.8, 4) is 23.0 Å². The molecule has 0 saturated carbocycles. The zero-order chi connectivity index (χ0) is 20.7. The Hall–Kier alpha value is -2.13. The highest BCUT2D eigenvalue weighted by atomic mass is 28.3. The van der Waals surface area contributed by atoms with E-state index >= 15 is 0 Å². The molecule has 0 saturated heterocycles. The second kappa shape index (κ2) is 7.47. The first-order valence-corrected chi connectivity index (χ1v) is 11.2. The van der Waals surface area contributed by atoms with E-state index in [1.165, 1.54) is 0 Å². The van der Waals surface area contributed by atoms with Gasteiger partial charge in [0.2, 0.25) is 0 Å². The van der Waals surface area contributed by atoms with Gasteiger partial charge < -0.3 is 10.2 Å². The van der Waals surface area contributed by atoms with Crippen LogP contribution < -0.4 is 0 Å². The molecule has 0 atom stereocenters. The van der Waals surface area contributed by atoms with E-state index in [2.05, 4.69) is 53.0 Å². The molecule has 0 bridgehead atoms. The third-order valence-electron chi connectivity index (χ3n) is 5.46. The standard InChI is InChI=1S/C21H25F3O2Si/c1-11(2)27(12(3)4,13(5)6)8-7-15-18-16(9-14(25)10-17(18)26)20(23)21(24)19(15)22/h9-13,25-26H,1-6H3. The number of phenolic OH excluding ortho intramolecular Hbond substituents is 2. The Bertz CT molecular complexity index is 919. The number of phenols is 2. The summed E-state index contributed by atoms with van der Waals surface area (Å²) in [6, 6.07) is 1.92. The summed E-state index contributed by atoms with van der Waals surface area (Å²) in [6.45, 7) is 12.5. The molecule has 0 aliphatic carbocycles. The van der Waals surface area contributed by atoms with Crippen LogP contribution in [0.5, 0.6) is 11.5 Å². The van der Waals surface area contributed by atoms with Crippen LogP contribution in [-0.4, -0.2) is 18.3 Å². The Morgan fingerprint density at radius 2 is 1.33 bits per heavy atom. The maximum absolute atomic E-state index is 14.6. The average Bonchev–Trinajstić information content (AvgIpc) is 2.55. The van der Waals surface area contributed by atoms with Crippen LogP contribution in [0.2, 0.25) is 16.6 Å². The first-order chi connectivity index (χ1) is 12.4. The van der Waals surface area contributed by atoms with Crippen LogP contribution in [0.25, 0.3) is 10.8 Å². The number of rotatable bonds is 3. The lowest BCUT2D eigenvalue weighted by molar-refractivity contribution is 0.443. The minimum Gasteiger partial charge on any atom is -0.508 e. The van der Waals surface area contributed by atoms with E-state index < -0.39 is 42.4 Å². The van der Waals surface area contributed by atoms with Crippen LogP contribution in [-0.2, 0) is 0 Å².